The Labute approximate surface area is 125 Å². The van der Waals surface area contributed by atoms with E-state index in [1.807, 2.05) is 0 Å². The Kier molecular flexibility index (Phi) is 5.36. The normalized spacial score (nSPS) is 12.3. The van der Waals surface area contributed by atoms with Crippen molar-refractivity contribution in [1.29, 1.82) is 0 Å². The number of ether oxygens (including phenoxy) is 1. The van der Waals surface area contributed by atoms with E-state index in [9.17, 15) is 13.2 Å². The molecule has 0 saturated carbocycles. The van der Waals surface area contributed by atoms with Crippen LogP contribution in [0.2, 0.25) is 0 Å². The van der Waals surface area contributed by atoms with Crippen molar-refractivity contribution in [2.24, 2.45) is 0 Å². The summed E-state index contributed by atoms with van der Waals surface area (Å²) in [5, 5.41) is 2.54. The fourth-order valence-corrected chi connectivity index (χ4v) is 2.77. The molecule has 0 radical (unpaired) electrons. The average molecular weight is 314 g/mol. The van der Waals surface area contributed by atoms with Gasteiger partial charge in [-0.15, -0.1) is 0 Å². The molecule has 118 valence electrons. The smallest absolute Gasteiger partial charge is 0.412 e. The first-order valence-electron chi connectivity index (χ1n) is 6.62. The molecule has 0 atom stereocenters. The highest BCUT2D eigenvalue weighted by Crippen LogP contribution is 2.16. The van der Waals surface area contributed by atoms with Crippen molar-refractivity contribution in [3.05, 3.63) is 24.3 Å². The summed E-state index contributed by atoms with van der Waals surface area (Å²) in [4.78, 5) is 11.7. The molecule has 0 fully saturated rings. The maximum absolute atomic E-state index is 11.9. The summed E-state index contributed by atoms with van der Waals surface area (Å²) in [5.74, 6) is 0. The van der Waals surface area contributed by atoms with Crippen LogP contribution in [0.3, 0.4) is 0 Å². The molecule has 2 N–H and O–H groups in total. The van der Waals surface area contributed by atoms with E-state index >= 15 is 0 Å². The van der Waals surface area contributed by atoms with Crippen LogP contribution in [0.5, 0.6) is 0 Å². The van der Waals surface area contributed by atoms with Crippen LogP contribution in [0.25, 0.3) is 0 Å². The number of rotatable bonds is 4. The molecule has 1 aromatic rings. The molecular weight excluding hydrogens is 292 g/mol. The van der Waals surface area contributed by atoms with E-state index < -0.39 is 21.7 Å². The van der Waals surface area contributed by atoms with Crippen LogP contribution >= 0.6 is 0 Å². The summed E-state index contributed by atoms with van der Waals surface area (Å²) >= 11 is 0. The standard InChI is InChI=1S/C14H22N2O4S/c1-10(2)16-21(18,19)12-8-6-11(7-9-12)15-13(17)20-14(3,4)5/h6-10,16H,1-5H3,(H,15,17). The van der Waals surface area contributed by atoms with Crippen molar-refractivity contribution in [2.75, 3.05) is 5.32 Å². The summed E-state index contributed by atoms with van der Waals surface area (Å²) < 4.78 is 31.5. The van der Waals surface area contributed by atoms with Crippen molar-refractivity contribution < 1.29 is 17.9 Å². The Bertz CT molecular complexity index is 586. The predicted molar refractivity (Wildman–Crippen MR) is 81.8 cm³/mol. The molecule has 0 spiro atoms. The van der Waals surface area contributed by atoms with Crippen molar-refractivity contribution >= 4 is 21.8 Å². The molecule has 0 heterocycles. The van der Waals surface area contributed by atoms with Gasteiger partial charge in [-0.25, -0.2) is 17.9 Å². The summed E-state index contributed by atoms with van der Waals surface area (Å²) in [6.45, 7) is 8.78. The van der Waals surface area contributed by atoms with Crippen molar-refractivity contribution in [2.45, 2.75) is 51.2 Å². The van der Waals surface area contributed by atoms with Crippen molar-refractivity contribution in [1.82, 2.24) is 4.72 Å². The summed E-state index contributed by atoms with van der Waals surface area (Å²) in [6, 6.07) is 5.70. The van der Waals surface area contributed by atoms with Crippen LogP contribution in [0, 0.1) is 0 Å². The molecule has 21 heavy (non-hydrogen) atoms. The van der Waals surface area contributed by atoms with Gasteiger partial charge in [0.1, 0.15) is 5.60 Å². The first-order chi connectivity index (χ1) is 9.49. The second kappa shape index (κ2) is 6.44. The zero-order valence-corrected chi connectivity index (χ0v) is 13.7. The van der Waals surface area contributed by atoms with Gasteiger partial charge < -0.3 is 4.74 Å². The predicted octanol–water partition coefficient (Wildman–Crippen LogP) is 2.72. The highest BCUT2D eigenvalue weighted by Gasteiger charge is 2.17. The Morgan fingerprint density at radius 3 is 2.10 bits per heavy atom. The Hall–Kier alpha value is -1.60. The molecule has 0 saturated heterocycles. The number of carbonyl (C=O) groups excluding carboxylic acids is 1. The number of nitrogens with one attached hydrogen (secondary N) is 2. The van der Waals surface area contributed by atoms with E-state index in [0.717, 1.165) is 0 Å². The van der Waals surface area contributed by atoms with Gasteiger partial charge in [-0.2, -0.15) is 0 Å². The number of sulfonamides is 1. The van der Waals surface area contributed by atoms with Gasteiger partial charge in [-0.05, 0) is 58.9 Å². The van der Waals surface area contributed by atoms with Gasteiger partial charge in [0.25, 0.3) is 0 Å². The molecule has 0 unspecified atom stereocenters. The van der Waals surface area contributed by atoms with Gasteiger partial charge in [0, 0.05) is 11.7 Å². The minimum atomic E-state index is -3.53. The molecule has 6 nitrogen and oxygen atoms in total. The van der Waals surface area contributed by atoms with Crippen LogP contribution in [-0.4, -0.2) is 26.2 Å². The minimum Gasteiger partial charge on any atom is -0.444 e. The third-order valence-electron chi connectivity index (χ3n) is 2.20. The number of anilines is 1. The van der Waals surface area contributed by atoms with E-state index in [1.54, 1.807) is 34.6 Å². The molecule has 0 aromatic heterocycles. The molecule has 1 amide bonds. The van der Waals surface area contributed by atoms with Gasteiger partial charge in [0.05, 0.1) is 4.90 Å². The third kappa shape index (κ3) is 6.14. The second-order valence-electron chi connectivity index (χ2n) is 5.93. The molecular formula is C14H22N2O4S. The lowest BCUT2D eigenvalue weighted by Gasteiger charge is -2.19. The number of hydrogen-bond acceptors (Lipinski definition) is 4. The average Bonchev–Trinajstić information content (AvgIpc) is 2.24. The lowest BCUT2D eigenvalue weighted by atomic mass is 10.2. The van der Waals surface area contributed by atoms with Crippen LogP contribution < -0.4 is 10.0 Å². The van der Waals surface area contributed by atoms with Gasteiger partial charge in [0.2, 0.25) is 10.0 Å². The van der Waals surface area contributed by atoms with Crippen LogP contribution in [0.15, 0.2) is 29.2 Å². The molecule has 7 heteroatoms. The van der Waals surface area contributed by atoms with Crippen molar-refractivity contribution in [3.8, 4) is 0 Å². The van der Waals surface area contributed by atoms with E-state index in [0.29, 0.717) is 5.69 Å². The van der Waals surface area contributed by atoms with E-state index in [4.69, 9.17) is 4.74 Å². The zero-order chi connectivity index (χ0) is 16.3. The quantitative estimate of drug-likeness (QED) is 0.895. The molecule has 0 aliphatic heterocycles. The summed E-state index contributed by atoms with van der Waals surface area (Å²) in [7, 11) is -3.53. The highest BCUT2D eigenvalue weighted by atomic mass is 32.2. The fraction of sp³-hybridized carbons (Fsp3) is 0.500. The van der Waals surface area contributed by atoms with Gasteiger partial charge in [-0.1, -0.05) is 0 Å². The number of hydrogen-bond donors (Lipinski definition) is 2. The van der Waals surface area contributed by atoms with Crippen LogP contribution in [0.4, 0.5) is 10.5 Å². The van der Waals surface area contributed by atoms with Crippen LogP contribution in [0.1, 0.15) is 34.6 Å². The molecule has 0 aliphatic rings. The molecule has 1 aromatic carbocycles. The lowest BCUT2D eigenvalue weighted by Crippen LogP contribution is -2.30. The first kappa shape index (κ1) is 17.5. The molecule has 0 aliphatic carbocycles. The van der Waals surface area contributed by atoms with Crippen molar-refractivity contribution in [3.63, 3.8) is 0 Å². The SMILES string of the molecule is CC(C)NS(=O)(=O)c1ccc(NC(=O)OC(C)(C)C)cc1. The van der Waals surface area contributed by atoms with E-state index in [-0.39, 0.29) is 10.9 Å². The summed E-state index contributed by atoms with van der Waals surface area (Å²) in [6.07, 6.45) is -0.585. The number of amides is 1. The van der Waals surface area contributed by atoms with E-state index in [1.165, 1.54) is 24.3 Å². The maximum Gasteiger partial charge on any atom is 0.412 e. The largest absolute Gasteiger partial charge is 0.444 e. The molecule has 0 bridgehead atoms. The van der Waals surface area contributed by atoms with Gasteiger partial charge >= 0.3 is 6.09 Å². The maximum atomic E-state index is 11.9. The second-order valence-corrected chi connectivity index (χ2v) is 7.64. The fourth-order valence-electron chi connectivity index (χ4n) is 1.52. The molecule has 1 rings (SSSR count). The zero-order valence-electron chi connectivity index (χ0n) is 12.9. The number of carbonyl (C=O) groups is 1. The van der Waals surface area contributed by atoms with Crippen LogP contribution in [-0.2, 0) is 14.8 Å². The van der Waals surface area contributed by atoms with Gasteiger partial charge in [-0.3, -0.25) is 5.32 Å². The first-order valence-corrected chi connectivity index (χ1v) is 8.10. The lowest BCUT2D eigenvalue weighted by molar-refractivity contribution is 0.0636. The Morgan fingerprint density at radius 2 is 1.67 bits per heavy atom. The third-order valence-corrected chi connectivity index (χ3v) is 3.88. The topological polar surface area (TPSA) is 84.5 Å². The summed E-state index contributed by atoms with van der Waals surface area (Å²) in [5.41, 5.74) is -0.123. The highest BCUT2D eigenvalue weighted by molar-refractivity contribution is 7.89. The minimum absolute atomic E-state index is 0.144. The van der Waals surface area contributed by atoms with E-state index in [2.05, 4.69) is 10.0 Å². The Morgan fingerprint density at radius 1 is 1.14 bits per heavy atom. The monoisotopic (exact) mass is 314 g/mol. The Balaban J connectivity index is 2.77. The number of benzene rings is 1. The van der Waals surface area contributed by atoms with Gasteiger partial charge in [0.15, 0.2) is 0 Å².